The van der Waals surface area contributed by atoms with Crippen molar-refractivity contribution >= 4 is 34.6 Å². The third kappa shape index (κ3) is 11.3. The molecule has 0 spiro atoms. The minimum Gasteiger partial charge on any atom is -0.444 e. The van der Waals surface area contributed by atoms with E-state index in [-0.39, 0.29) is 52.8 Å². The maximum absolute atomic E-state index is 12.8. The molecule has 4 aliphatic rings. The molecular formula is C38H72N2O8Si2. The van der Waals surface area contributed by atoms with Crippen molar-refractivity contribution in [3.8, 4) is 0 Å². The number of amides is 2. The van der Waals surface area contributed by atoms with E-state index in [4.69, 9.17) is 18.3 Å². The van der Waals surface area contributed by atoms with Crippen LogP contribution in [-0.2, 0) is 23.1 Å². The number of nitrogens with zero attached hydrogens (tertiary/aromatic N) is 2. The van der Waals surface area contributed by atoms with Gasteiger partial charge in [0, 0.05) is 18.5 Å². The standard InChI is InChI=1S/C19H37NO4Si.C19H35NO4Si/c2*1-18(2,3)24-17(22)20-14(13-9-10-13)11-16(21)15(20)12-23-25(7,8)19(4,5)6/h13-16,21H,9-12H2,1-8H3;13-15H,9-12H2,1-8H3/t14-,15?,16?;14-,15?/m00/s1. The van der Waals surface area contributed by atoms with E-state index in [1.807, 2.05) is 41.5 Å². The quantitative estimate of drug-likeness (QED) is 0.247. The van der Waals surface area contributed by atoms with Gasteiger partial charge in [0.2, 0.25) is 0 Å². The van der Waals surface area contributed by atoms with Crippen LogP contribution >= 0.6 is 0 Å². The summed E-state index contributed by atoms with van der Waals surface area (Å²) in [5.74, 6) is 1.05. The second-order valence-corrected chi connectivity index (χ2v) is 29.9. The highest BCUT2D eigenvalue weighted by molar-refractivity contribution is 6.74. The minimum absolute atomic E-state index is 0.0182. The zero-order valence-corrected chi connectivity index (χ0v) is 36.4. The molecule has 2 amide bonds. The predicted octanol–water partition coefficient (Wildman–Crippen LogP) is 8.52. The molecular weight excluding hydrogens is 669 g/mol. The van der Waals surface area contributed by atoms with Crippen LogP contribution in [0.15, 0.2) is 0 Å². The Morgan fingerprint density at radius 2 is 1.08 bits per heavy atom. The number of Topliss-reactive ketones (excluding diaryl/α,β-unsaturated/α-hetero) is 1. The van der Waals surface area contributed by atoms with Crippen LogP contribution in [0.4, 0.5) is 9.59 Å². The first-order chi connectivity index (χ1) is 22.5. The number of ketones is 1. The molecule has 290 valence electrons. The van der Waals surface area contributed by atoms with E-state index in [0.29, 0.717) is 31.3 Å². The lowest BCUT2D eigenvalue weighted by atomic mass is 10.1. The highest BCUT2D eigenvalue weighted by atomic mass is 28.4. The number of carbonyl (C=O) groups excluding carboxylic acids is 3. The Kier molecular flexibility index (Phi) is 13.0. The van der Waals surface area contributed by atoms with E-state index >= 15 is 0 Å². The van der Waals surface area contributed by atoms with Crippen molar-refractivity contribution in [2.75, 3.05) is 13.2 Å². The predicted molar refractivity (Wildman–Crippen MR) is 203 cm³/mol. The molecule has 2 aliphatic carbocycles. The van der Waals surface area contributed by atoms with Crippen LogP contribution in [0.2, 0.25) is 36.3 Å². The molecule has 2 saturated heterocycles. The van der Waals surface area contributed by atoms with Crippen molar-refractivity contribution in [1.82, 2.24) is 9.80 Å². The van der Waals surface area contributed by atoms with Gasteiger partial charge in [-0.15, -0.1) is 0 Å². The van der Waals surface area contributed by atoms with Gasteiger partial charge >= 0.3 is 12.2 Å². The van der Waals surface area contributed by atoms with Crippen LogP contribution in [0.25, 0.3) is 0 Å². The molecule has 50 heavy (non-hydrogen) atoms. The largest absolute Gasteiger partial charge is 0.444 e. The number of hydrogen-bond donors (Lipinski definition) is 1. The summed E-state index contributed by atoms with van der Waals surface area (Å²) in [6, 6.07) is -0.752. The monoisotopic (exact) mass is 740 g/mol. The Labute approximate surface area is 305 Å². The average molecular weight is 741 g/mol. The van der Waals surface area contributed by atoms with Gasteiger partial charge in [-0.1, -0.05) is 41.5 Å². The summed E-state index contributed by atoms with van der Waals surface area (Å²) >= 11 is 0. The number of likely N-dealkylation sites (tertiary alicyclic amines) is 2. The molecule has 0 aromatic rings. The van der Waals surface area contributed by atoms with E-state index in [0.717, 1.165) is 25.7 Å². The highest BCUT2D eigenvalue weighted by Crippen LogP contribution is 2.45. The number of aliphatic hydroxyl groups is 1. The lowest BCUT2D eigenvalue weighted by molar-refractivity contribution is -0.120. The van der Waals surface area contributed by atoms with Crippen molar-refractivity contribution in [2.45, 2.75) is 199 Å². The van der Waals surface area contributed by atoms with Gasteiger partial charge in [0.15, 0.2) is 22.4 Å². The SMILES string of the molecule is CC(C)(C)OC(=O)N1C(CO[Si](C)(C)C(C)(C)C)C(=O)C[C@H]1C1CC1.CC(C)(C)OC(=O)N1C(CO[Si](C)(C)C(C)(C)C)C(O)C[C@H]1C1CC1. The van der Waals surface area contributed by atoms with Gasteiger partial charge in [0.05, 0.1) is 25.4 Å². The molecule has 2 aliphatic heterocycles. The fourth-order valence-corrected chi connectivity index (χ4v) is 8.12. The third-order valence-corrected chi connectivity index (χ3v) is 20.5. The van der Waals surface area contributed by atoms with Crippen LogP contribution in [0.1, 0.15) is 122 Å². The van der Waals surface area contributed by atoms with Crippen molar-refractivity contribution < 1.29 is 37.8 Å². The topological polar surface area (TPSA) is 115 Å². The Morgan fingerprint density at radius 3 is 1.48 bits per heavy atom. The van der Waals surface area contributed by atoms with Crippen LogP contribution in [0.5, 0.6) is 0 Å². The molecule has 5 atom stereocenters. The van der Waals surface area contributed by atoms with Gasteiger partial charge < -0.3 is 23.4 Å². The zero-order chi connectivity index (χ0) is 38.4. The molecule has 2 heterocycles. The second kappa shape index (κ2) is 15.1. The lowest BCUT2D eigenvalue weighted by Crippen LogP contribution is -2.51. The third-order valence-electron chi connectivity index (χ3n) is 11.5. The van der Waals surface area contributed by atoms with E-state index in [1.165, 1.54) is 0 Å². The molecule has 12 heteroatoms. The van der Waals surface area contributed by atoms with Crippen molar-refractivity contribution in [1.29, 1.82) is 0 Å². The number of rotatable bonds is 8. The second-order valence-electron chi connectivity index (χ2n) is 20.3. The first-order valence-electron chi connectivity index (χ1n) is 19.0. The normalized spacial score (nSPS) is 26.9. The van der Waals surface area contributed by atoms with Gasteiger partial charge in [-0.3, -0.25) is 14.6 Å². The number of hydrogen-bond acceptors (Lipinski definition) is 8. The summed E-state index contributed by atoms with van der Waals surface area (Å²) in [6.45, 7) is 33.7. The van der Waals surface area contributed by atoms with E-state index in [2.05, 4.69) is 67.7 Å². The summed E-state index contributed by atoms with van der Waals surface area (Å²) in [5, 5.41) is 10.8. The van der Waals surface area contributed by atoms with Crippen LogP contribution in [0.3, 0.4) is 0 Å². The van der Waals surface area contributed by atoms with Gasteiger partial charge in [0.1, 0.15) is 17.2 Å². The summed E-state index contributed by atoms with van der Waals surface area (Å²) in [5.41, 5.74) is -1.11. The van der Waals surface area contributed by atoms with Gasteiger partial charge in [-0.05, 0) is 122 Å². The van der Waals surface area contributed by atoms with E-state index in [9.17, 15) is 19.5 Å². The zero-order valence-electron chi connectivity index (χ0n) is 34.4. The van der Waals surface area contributed by atoms with Crippen LogP contribution in [0, 0.1) is 11.8 Å². The first-order valence-corrected chi connectivity index (χ1v) is 24.8. The number of ether oxygens (including phenoxy) is 2. The van der Waals surface area contributed by atoms with Gasteiger partial charge in [0.25, 0.3) is 0 Å². The number of carbonyl (C=O) groups is 3. The van der Waals surface area contributed by atoms with Gasteiger partial charge in [-0.2, -0.15) is 0 Å². The Morgan fingerprint density at radius 1 is 0.680 bits per heavy atom. The molecule has 10 nitrogen and oxygen atoms in total. The highest BCUT2D eigenvalue weighted by Gasteiger charge is 2.53. The summed E-state index contributed by atoms with van der Waals surface area (Å²) in [4.78, 5) is 41.8. The summed E-state index contributed by atoms with van der Waals surface area (Å²) < 4.78 is 23.9. The van der Waals surface area contributed by atoms with Crippen molar-refractivity contribution in [3.63, 3.8) is 0 Å². The Balaban J connectivity index is 0.000000270. The van der Waals surface area contributed by atoms with E-state index < -0.39 is 40.0 Å². The molecule has 4 rings (SSSR count). The molecule has 0 aromatic heterocycles. The maximum Gasteiger partial charge on any atom is 0.411 e. The van der Waals surface area contributed by atoms with Crippen molar-refractivity contribution in [3.05, 3.63) is 0 Å². The first kappa shape index (κ1) is 42.9. The minimum atomic E-state index is -1.98. The van der Waals surface area contributed by atoms with Gasteiger partial charge in [-0.25, -0.2) is 9.59 Å². The smallest absolute Gasteiger partial charge is 0.411 e. The van der Waals surface area contributed by atoms with E-state index in [1.54, 1.807) is 9.80 Å². The summed E-state index contributed by atoms with van der Waals surface area (Å²) in [7, 11) is -3.91. The molecule has 0 aromatic carbocycles. The fraction of sp³-hybridized carbons (Fsp3) is 0.921. The Hall–Kier alpha value is -1.48. The maximum atomic E-state index is 12.8. The summed E-state index contributed by atoms with van der Waals surface area (Å²) in [6.07, 6.45) is 4.29. The lowest BCUT2D eigenvalue weighted by Gasteiger charge is -2.39. The molecule has 4 fully saturated rings. The number of aliphatic hydroxyl groups excluding tert-OH is 1. The van der Waals surface area contributed by atoms with Crippen molar-refractivity contribution in [2.24, 2.45) is 11.8 Å². The fourth-order valence-electron chi connectivity index (χ4n) is 6.09. The average Bonchev–Trinajstić information content (AvgIpc) is 3.84. The molecule has 0 radical (unpaired) electrons. The van der Waals surface area contributed by atoms with Crippen LogP contribution < -0.4 is 0 Å². The Bertz CT molecular complexity index is 1210. The van der Waals surface area contributed by atoms with Crippen LogP contribution in [-0.4, -0.2) is 104 Å². The molecule has 3 unspecified atom stereocenters. The molecule has 0 bridgehead atoms. The molecule has 1 N–H and O–H groups in total. The molecule has 2 saturated carbocycles.